The molecule has 0 spiro atoms. The third kappa shape index (κ3) is 3.69. The molecule has 0 radical (unpaired) electrons. The van der Waals surface area contributed by atoms with E-state index >= 15 is 0 Å². The Morgan fingerprint density at radius 2 is 1.90 bits per heavy atom. The highest BCUT2D eigenvalue weighted by Crippen LogP contribution is 2.42. The van der Waals surface area contributed by atoms with E-state index in [1.807, 2.05) is 24.3 Å². The van der Waals surface area contributed by atoms with E-state index in [-0.39, 0.29) is 11.7 Å². The minimum absolute atomic E-state index is 0.0472. The van der Waals surface area contributed by atoms with Gasteiger partial charge < -0.3 is 10.1 Å². The minimum Gasteiger partial charge on any atom is -0.491 e. The molecule has 5 heteroatoms. The standard InChI is InChI=1S/C24H25FN2O2/c1-2-16-29-21-12-11-20(19-6-5-15-26-22(19)21)27-23(28)24(13-3-4-14-24)17-7-9-18(25)10-8-17/h5-12,15H,2-4,13-14,16H2,1H3,(H,27,28). The Morgan fingerprint density at radius 3 is 2.62 bits per heavy atom. The monoisotopic (exact) mass is 392 g/mol. The van der Waals surface area contributed by atoms with Gasteiger partial charge in [0.05, 0.1) is 17.7 Å². The van der Waals surface area contributed by atoms with Crippen LogP contribution < -0.4 is 10.1 Å². The van der Waals surface area contributed by atoms with Crippen molar-refractivity contribution in [2.75, 3.05) is 11.9 Å². The quantitative estimate of drug-likeness (QED) is 0.593. The van der Waals surface area contributed by atoms with Crippen LogP contribution in [0.25, 0.3) is 10.9 Å². The molecule has 150 valence electrons. The number of ether oxygens (including phenoxy) is 1. The zero-order chi connectivity index (χ0) is 20.3. The number of anilines is 1. The first-order valence-corrected chi connectivity index (χ1v) is 10.2. The number of carbonyl (C=O) groups excluding carboxylic acids is 1. The average molecular weight is 392 g/mol. The fourth-order valence-corrected chi connectivity index (χ4v) is 4.22. The Morgan fingerprint density at radius 1 is 1.14 bits per heavy atom. The van der Waals surface area contributed by atoms with Crippen molar-refractivity contribution in [3.8, 4) is 5.75 Å². The van der Waals surface area contributed by atoms with Gasteiger partial charge in [0.15, 0.2) is 0 Å². The lowest BCUT2D eigenvalue weighted by Crippen LogP contribution is -2.38. The van der Waals surface area contributed by atoms with Crippen LogP contribution in [0.15, 0.2) is 54.7 Å². The summed E-state index contributed by atoms with van der Waals surface area (Å²) in [5, 5.41) is 3.98. The topological polar surface area (TPSA) is 51.2 Å². The highest BCUT2D eigenvalue weighted by Gasteiger charge is 2.42. The number of fused-ring (bicyclic) bond motifs is 1. The Kier molecular flexibility index (Phi) is 5.47. The number of pyridine rings is 1. The number of benzene rings is 2. The maximum atomic E-state index is 13.5. The zero-order valence-electron chi connectivity index (χ0n) is 16.6. The number of rotatable bonds is 6. The molecule has 0 bridgehead atoms. The van der Waals surface area contributed by atoms with Crippen molar-refractivity contribution in [1.29, 1.82) is 0 Å². The normalized spacial score (nSPS) is 15.4. The van der Waals surface area contributed by atoms with Crippen molar-refractivity contribution in [2.24, 2.45) is 0 Å². The maximum Gasteiger partial charge on any atom is 0.235 e. The molecule has 0 unspecified atom stereocenters. The number of amides is 1. The van der Waals surface area contributed by atoms with Crippen LogP contribution in [0.4, 0.5) is 10.1 Å². The zero-order valence-corrected chi connectivity index (χ0v) is 16.6. The van der Waals surface area contributed by atoms with E-state index in [9.17, 15) is 9.18 Å². The molecule has 1 amide bonds. The molecule has 1 aliphatic carbocycles. The summed E-state index contributed by atoms with van der Waals surface area (Å²) in [4.78, 5) is 17.9. The van der Waals surface area contributed by atoms with Gasteiger partial charge in [0.2, 0.25) is 5.91 Å². The van der Waals surface area contributed by atoms with Crippen molar-refractivity contribution >= 4 is 22.5 Å². The van der Waals surface area contributed by atoms with Crippen LogP contribution in [0.2, 0.25) is 0 Å². The summed E-state index contributed by atoms with van der Waals surface area (Å²) in [5.41, 5.74) is 1.70. The van der Waals surface area contributed by atoms with Gasteiger partial charge in [-0.1, -0.05) is 31.9 Å². The van der Waals surface area contributed by atoms with Gasteiger partial charge >= 0.3 is 0 Å². The minimum atomic E-state index is -0.625. The molecule has 3 aromatic rings. The summed E-state index contributed by atoms with van der Waals surface area (Å²) >= 11 is 0. The molecule has 0 aliphatic heterocycles. The molecule has 0 saturated heterocycles. The molecular formula is C24H25FN2O2. The number of hydrogen-bond donors (Lipinski definition) is 1. The van der Waals surface area contributed by atoms with Crippen molar-refractivity contribution in [3.05, 3.63) is 66.1 Å². The van der Waals surface area contributed by atoms with E-state index in [1.165, 1.54) is 12.1 Å². The van der Waals surface area contributed by atoms with Crippen LogP contribution in [0.1, 0.15) is 44.6 Å². The second kappa shape index (κ2) is 8.19. The number of hydrogen-bond acceptors (Lipinski definition) is 3. The highest BCUT2D eigenvalue weighted by atomic mass is 19.1. The van der Waals surface area contributed by atoms with Gasteiger partial charge in [0.1, 0.15) is 17.1 Å². The number of aromatic nitrogens is 1. The van der Waals surface area contributed by atoms with Crippen LogP contribution in [0, 0.1) is 5.82 Å². The van der Waals surface area contributed by atoms with Crippen molar-refractivity contribution in [2.45, 2.75) is 44.4 Å². The molecule has 4 nitrogen and oxygen atoms in total. The first-order chi connectivity index (χ1) is 14.1. The Hall–Kier alpha value is -2.95. The summed E-state index contributed by atoms with van der Waals surface area (Å²) in [6, 6.07) is 13.9. The van der Waals surface area contributed by atoms with E-state index in [1.54, 1.807) is 18.3 Å². The summed E-state index contributed by atoms with van der Waals surface area (Å²) in [6.07, 6.45) is 6.13. The van der Waals surface area contributed by atoms with E-state index < -0.39 is 5.41 Å². The molecule has 1 aromatic heterocycles. The predicted octanol–water partition coefficient (Wildman–Crippen LogP) is 5.61. The second-order valence-electron chi connectivity index (χ2n) is 7.61. The van der Waals surface area contributed by atoms with Crippen LogP contribution >= 0.6 is 0 Å². The highest BCUT2D eigenvalue weighted by molar-refractivity contribution is 6.06. The third-order valence-electron chi connectivity index (χ3n) is 5.73. The van der Waals surface area contributed by atoms with Crippen LogP contribution in [-0.4, -0.2) is 17.5 Å². The lowest BCUT2D eigenvalue weighted by atomic mass is 9.78. The summed E-state index contributed by atoms with van der Waals surface area (Å²) in [6.45, 7) is 2.67. The predicted molar refractivity (Wildman–Crippen MR) is 113 cm³/mol. The van der Waals surface area contributed by atoms with Gasteiger partial charge in [0.25, 0.3) is 0 Å². The van der Waals surface area contributed by atoms with Crippen LogP contribution in [0.5, 0.6) is 5.75 Å². The van der Waals surface area contributed by atoms with Gasteiger partial charge in [-0.05, 0) is 61.2 Å². The first-order valence-electron chi connectivity index (χ1n) is 10.2. The van der Waals surface area contributed by atoms with E-state index in [4.69, 9.17) is 4.74 Å². The van der Waals surface area contributed by atoms with E-state index in [0.717, 1.165) is 60.0 Å². The van der Waals surface area contributed by atoms with Gasteiger partial charge in [-0.2, -0.15) is 0 Å². The molecule has 1 heterocycles. The van der Waals surface area contributed by atoms with E-state index in [2.05, 4.69) is 17.2 Å². The van der Waals surface area contributed by atoms with Gasteiger partial charge in [-0.25, -0.2) is 4.39 Å². The summed E-state index contributed by atoms with van der Waals surface area (Å²) in [7, 11) is 0. The van der Waals surface area contributed by atoms with Crippen molar-refractivity contribution < 1.29 is 13.9 Å². The summed E-state index contributed by atoms with van der Waals surface area (Å²) in [5.74, 6) is 0.380. The first kappa shape index (κ1) is 19.4. The SMILES string of the molecule is CCCOc1ccc(NC(=O)C2(c3ccc(F)cc3)CCCC2)c2cccnc12. The van der Waals surface area contributed by atoms with Gasteiger partial charge in [0, 0.05) is 11.6 Å². The van der Waals surface area contributed by atoms with Gasteiger partial charge in [-0.3, -0.25) is 9.78 Å². The molecule has 4 rings (SSSR count). The number of nitrogens with zero attached hydrogens (tertiary/aromatic N) is 1. The molecule has 29 heavy (non-hydrogen) atoms. The van der Waals surface area contributed by atoms with Crippen LogP contribution in [0.3, 0.4) is 0 Å². The molecule has 1 saturated carbocycles. The van der Waals surface area contributed by atoms with Crippen LogP contribution in [-0.2, 0) is 10.2 Å². The lowest BCUT2D eigenvalue weighted by Gasteiger charge is -2.28. The molecule has 1 N–H and O–H groups in total. The maximum absolute atomic E-state index is 13.5. The second-order valence-corrected chi connectivity index (χ2v) is 7.61. The smallest absolute Gasteiger partial charge is 0.235 e. The summed E-state index contributed by atoms with van der Waals surface area (Å²) < 4.78 is 19.2. The van der Waals surface area contributed by atoms with E-state index in [0.29, 0.717) is 6.61 Å². The average Bonchev–Trinajstić information content (AvgIpc) is 3.25. The molecule has 0 atom stereocenters. The molecular weight excluding hydrogens is 367 g/mol. The van der Waals surface area contributed by atoms with Crippen molar-refractivity contribution in [3.63, 3.8) is 0 Å². The Bertz CT molecular complexity index is 1010. The molecule has 2 aromatic carbocycles. The largest absolute Gasteiger partial charge is 0.491 e. The number of nitrogens with one attached hydrogen (secondary N) is 1. The Balaban J connectivity index is 1.68. The van der Waals surface area contributed by atoms with Crippen molar-refractivity contribution in [1.82, 2.24) is 4.98 Å². The third-order valence-corrected chi connectivity index (χ3v) is 5.73. The molecule has 1 aliphatic rings. The van der Waals surface area contributed by atoms with Gasteiger partial charge in [-0.15, -0.1) is 0 Å². The fourth-order valence-electron chi connectivity index (χ4n) is 4.22. The lowest BCUT2D eigenvalue weighted by molar-refractivity contribution is -0.121. The fraction of sp³-hybridized carbons (Fsp3) is 0.333. The Labute approximate surface area is 170 Å². The number of carbonyl (C=O) groups is 1. The molecule has 1 fully saturated rings. The number of halogens is 1.